The van der Waals surface area contributed by atoms with Gasteiger partial charge in [-0.3, -0.25) is 0 Å². The molecule has 0 amide bonds. The standard InChI is InChI=1S/C18H32O4/c1-6-8-9-10-12-21-18(20)17(15(5)13-14(3)4)22-16(19)11-7-2/h7,11,14-15,17H,6,8-10,12-13H2,1-5H3. The normalized spacial score (nSPS) is 14.1. The Balaban J connectivity index is 4.54. The Hall–Kier alpha value is -1.32. The number of rotatable bonds is 11. The van der Waals surface area contributed by atoms with E-state index < -0.39 is 18.0 Å². The average Bonchev–Trinajstić information content (AvgIpc) is 2.43. The zero-order valence-electron chi connectivity index (χ0n) is 14.8. The molecule has 0 saturated carbocycles. The molecule has 22 heavy (non-hydrogen) atoms. The van der Waals surface area contributed by atoms with Gasteiger partial charge in [0.1, 0.15) is 0 Å². The van der Waals surface area contributed by atoms with Crippen LogP contribution in [-0.4, -0.2) is 24.6 Å². The van der Waals surface area contributed by atoms with Crippen LogP contribution in [-0.2, 0) is 19.1 Å². The molecule has 0 aromatic carbocycles. The Labute approximate surface area is 135 Å². The van der Waals surface area contributed by atoms with Crippen molar-refractivity contribution in [2.45, 2.75) is 72.8 Å². The summed E-state index contributed by atoms with van der Waals surface area (Å²) in [6, 6.07) is 0. The molecule has 0 heterocycles. The first kappa shape index (κ1) is 20.7. The smallest absolute Gasteiger partial charge is 0.347 e. The zero-order valence-corrected chi connectivity index (χ0v) is 14.8. The minimum absolute atomic E-state index is 0.0580. The third kappa shape index (κ3) is 9.59. The summed E-state index contributed by atoms with van der Waals surface area (Å²) in [4.78, 5) is 23.9. The van der Waals surface area contributed by atoms with Gasteiger partial charge in [-0.1, -0.05) is 53.0 Å². The van der Waals surface area contributed by atoms with Crippen molar-refractivity contribution in [3.63, 3.8) is 0 Å². The Morgan fingerprint density at radius 1 is 1.09 bits per heavy atom. The van der Waals surface area contributed by atoms with Crippen molar-refractivity contribution >= 4 is 11.9 Å². The van der Waals surface area contributed by atoms with E-state index in [-0.39, 0.29) is 5.92 Å². The van der Waals surface area contributed by atoms with Crippen LogP contribution in [0, 0.1) is 11.8 Å². The Bertz CT molecular complexity index is 347. The van der Waals surface area contributed by atoms with Crippen LogP contribution in [0.25, 0.3) is 0 Å². The first-order valence-electron chi connectivity index (χ1n) is 8.42. The number of unbranched alkanes of at least 4 members (excludes halogenated alkanes) is 3. The lowest BCUT2D eigenvalue weighted by atomic mass is 9.94. The van der Waals surface area contributed by atoms with E-state index in [1.807, 2.05) is 6.92 Å². The molecule has 2 atom stereocenters. The summed E-state index contributed by atoms with van der Waals surface area (Å²) < 4.78 is 10.6. The highest BCUT2D eigenvalue weighted by Crippen LogP contribution is 2.19. The van der Waals surface area contributed by atoms with Crippen LogP contribution in [0.2, 0.25) is 0 Å². The van der Waals surface area contributed by atoms with Gasteiger partial charge in [0, 0.05) is 12.0 Å². The fourth-order valence-corrected chi connectivity index (χ4v) is 2.35. The molecular weight excluding hydrogens is 280 g/mol. The predicted octanol–water partition coefficient (Wildman–Crippen LogP) is 4.28. The number of ether oxygens (including phenoxy) is 2. The highest BCUT2D eigenvalue weighted by molar-refractivity contribution is 5.85. The lowest BCUT2D eigenvalue weighted by Crippen LogP contribution is -2.35. The van der Waals surface area contributed by atoms with Gasteiger partial charge >= 0.3 is 11.9 Å². The van der Waals surface area contributed by atoms with Gasteiger partial charge in [-0.15, -0.1) is 0 Å². The van der Waals surface area contributed by atoms with Crippen LogP contribution in [0.1, 0.15) is 66.7 Å². The molecule has 0 aliphatic rings. The van der Waals surface area contributed by atoms with E-state index in [0.29, 0.717) is 12.5 Å². The number of esters is 2. The molecule has 0 fully saturated rings. The quantitative estimate of drug-likeness (QED) is 0.324. The second-order valence-electron chi connectivity index (χ2n) is 6.19. The molecule has 0 saturated heterocycles. The predicted molar refractivity (Wildman–Crippen MR) is 88.4 cm³/mol. The maximum absolute atomic E-state index is 12.2. The molecule has 0 aromatic heterocycles. The Morgan fingerprint density at radius 3 is 2.32 bits per heavy atom. The maximum atomic E-state index is 12.2. The lowest BCUT2D eigenvalue weighted by molar-refractivity contribution is -0.169. The average molecular weight is 312 g/mol. The molecule has 4 nitrogen and oxygen atoms in total. The first-order chi connectivity index (χ1) is 10.4. The SMILES string of the molecule is CC=CC(=O)OC(C(=O)OCCCCCC)C(C)CC(C)C. The van der Waals surface area contributed by atoms with E-state index >= 15 is 0 Å². The fourth-order valence-electron chi connectivity index (χ4n) is 2.35. The first-order valence-corrected chi connectivity index (χ1v) is 8.42. The summed E-state index contributed by atoms with van der Waals surface area (Å²) in [5, 5.41) is 0. The highest BCUT2D eigenvalue weighted by atomic mass is 16.6. The van der Waals surface area contributed by atoms with Crippen molar-refractivity contribution in [3.8, 4) is 0 Å². The molecule has 0 radical (unpaired) electrons. The lowest BCUT2D eigenvalue weighted by Gasteiger charge is -2.23. The zero-order chi connectivity index (χ0) is 17.0. The van der Waals surface area contributed by atoms with Gasteiger partial charge in [0.05, 0.1) is 6.61 Å². The van der Waals surface area contributed by atoms with Crippen LogP contribution >= 0.6 is 0 Å². The van der Waals surface area contributed by atoms with Crippen molar-refractivity contribution < 1.29 is 19.1 Å². The van der Waals surface area contributed by atoms with Gasteiger partial charge in [0.15, 0.2) is 0 Å². The maximum Gasteiger partial charge on any atom is 0.347 e. The summed E-state index contributed by atoms with van der Waals surface area (Å²) in [6.07, 6.45) is 7.09. The number of carbonyl (C=O) groups is 2. The second kappa shape index (κ2) is 12.2. The van der Waals surface area contributed by atoms with Gasteiger partial charge in [0.25, 0.3) is 0 Å². The van der Waals surface area contributed by atoms with Crippen molar-refractivity contribution in [2.75, 3.05) is 6.61 Å². The van der Waals surface area contributed by atoms with Crippen LogP contribution in [0.3, 0.4) is 0 Å². The van der Waals surface area contributed by atoms with Crippen molar-refractivity contribution in [3.05, 3.63) is 12.2 Å². The van der Waals surface area contributed by atoms with E-state index in [4.69, 9.17) is 9.47 Å². The molecule has 0 spiro atoms. The number of carbonyl (C=O) groups excluding carboxylic acids is 2. The van der Waals surface area contributed by atoms with Gasteiger partial charge in [-0.2, -0.15) is 0 Å². The molecule has 0 bridgehead atoms. The van der Waals surface area contributed by atoms with Crippen molar-refractivity contribution in [2.24, 2.45) is 11.8 Å². The van der Waals surface area contributed by atoms with Crippen molar-refractivity contribution in [1.29, 1.82) is 0 Å². The summed E-state index contributed by atoms with van der Waals surface area (Å²) in [7, 11) is 0. The monoisotopic (exact) mass is 312 g/mol. The third-order valence-corrected chi connectivity index (χ3v) is 3.38. The van der Waals surface area contributed by atoms with E-state index in [0.717, 1.165) is 32.1 Å². The number of allylic oxidation sites excluding steroid dienone is 1. The summed E-state index contributed by atoms with van der Waals surface area (Å²) in [5.41, 5.74) is 0. The van der Waals surface area contributed by atoms with E-state index in [2.05, 4.69) is 20.8 Å². The van der Waals surface area contributed by atoms with E-state index in [1.54, 1.807) is 13.0 Å². The summed E-state index contributed by atoms with van der Waals surface area (Å²) >= 11 is 0. The van der Waals surface area contributed by atoms with Gasteiger partial charge in [-0.05, 0) is 25.7 Å². The largest absolute Gasteiger partial charge is 0.463 e. The van der Waals surface area contributed by atoms with Gasteiger partial charge < -0.3 is 9.47 Å². The minimum Gasteiger partial charge on any atom is -0.463 e. The minimum atomic E-state index is -0.822. The summed E-state index contributed by atoms with van der Waals surface area (Å²) in [5.74, 6) is -0.554. The number of hydrogen-bond donors (Lipinski definition) is 0. The van der Waals surface area contributed by atoms with Crippen LogP contribution in [0.15, 0.2) is 12.2 Å². The fraction of sp³-hybridized carbons (Fsp3) is 0.778. The van der Waals surface area contributed by atoms with Crippen LogP contribution in [0.5, 0.6) is 0 Å². The van der Waals surface area contributed by atoms with Crippen LogP contribution in [0.4, 0.5) is 0 Å². The molecular formula is C18H32O4. The molecule has 0 rings (SSSR count). The van der Waals surface area contributed by atoms with E-state index in [9.17, 15) is 9.59 Å². The molecule has 2 unspecified atom stereocenters. The molecule has 4 heteroatoms. The third-order valence-electron chi connectivity index (χ3n) is 3.38. The molecule has 128 valence electrons. The molecule has 0 aliphatic heterocycles. The number of hydrogen-bond acceptors (Lipinski definition) is 4. The van der Waals surface area contributed by atoms with E-state index in [1.165, 1.54) is 6.08 Å². The second-order valence-corrected chi connectivity index (χ2v) is 6.19. The molecule has 0 aliphatic carbocycles. The topological polar surface area (TPSA) is 52.6 Å². The Kier molecular flexibility index (Phi) is 11.5. The van der Waals surface area contributed by atoms with Gasteiger partial charge in [-0.25, -0.2) is 9.59 Å². The highest BCUT2D eigenvalue weighted by Gasteiger charge is 2.30. The molecule has 0 N–H and O–H groups in total. The van der Waals surface area contributed by atoms with Gasteiger partial charge in [0.2, 0.25) is 6.10 Å². The Morgan fingerprint density at radius 2 is 1.77 bits per heavy atom. The molecule has 0 aromatic rings. The van der Waals surface area contributed by atoms with Crippen molar-refractivity contribution in [1.82, 2.24) is 0 Å². The van der Waals surface area contributed by atoms with Crippen LogP contribution < -0.4 is 0 Å². The summed E-state index contributed by atoms with van der Waals surface area (Å²) in [6.45, 7) is 10.3.